The molecule has 1 N–H and O–H groups in total. The van der Waals surface area contributed by atoms with Gasteiger partial charge in [0, 0.05) is 18.5 Å². The van der Waals surface area contributed by atoms with Crippen molar-refractivity contribution in [1.82, 2.24) is 4.90 Å². The van der Waals surface area contributed by atoms with Crippen LogP contribution in [0.4, 0.5) is 13.2 Å². The maximum atomic E-state index is 13.9. The Morgan fingerprint density at radius 3 is 2.64 bits per heavy atom. The second kappa shape index (κ2) is 6.25. The van der Waals surface area contributed by atoms with Crippen molar-refractivity contribution in [3.8, 4) is 5.75 Å². The number of aliphatic carboxylic acids is 1. The lowest BCUT2D eigenvalue weighted by molar-refractivity contribution is -0.150. The Bertz CT molecular complexity index is 581. The third-order valence-corrected chi connectivity index (χ3v) is 3.49. The number of rotatable bonds is 5. The van der Waals surface area contributed by atoms with E-state index < -0.39 is 30.7 Å². The van der Waals surface area contributed by atoms with Crippen LogP contribution in [-0.4, -0.2) is 47.3 Å². The van der Waals surface area contributed by atoms with Gasteiger partial charge in [-0.3, -0.25) is 4.79 Å². The van der Waals surface area contributed by atoms with Crippen molar-refractivity contribution in [3.05, 3.63) is 29.8 Å². The van der Waals surface area contributed by atoms with Gasteiger partial charge in [-0.15, -0.1) is 0 Å². The molecule has 1 saturated heterocycles. The number of nitrogens with zero attached hydrogens (tertiary/aromatic N) is 1. The highest BCUT2D eigenvalue weighted by molar-refractivity contribution is 5.83. The Morgan fingerprint density at radius 2 is 2.05 bits per heavy atom. The summed E-state index contributed by atoms with van der Waals surface area (Å²) in [6.45, 7) is -3.59. The van der Waals surface area contributed by atoms with Gasteiger partial charge in [-0.1, -0.05) is 18.2 Å². The third kappa shape index (κ3) is 3.49. The number of halogens is 3. The summed E-state index contributed by atoms with van der Waals surface area (Å²) in [5.74, 6) is -2.27. The van der Waals surface area contributed by atoms with Gasteiger partial charge in [-0.2, -0.15) is 8.78 Å². The van der Waals surface area contributed by atoms with Crippen LogP contribution in [-0.2, 0) is 16.0 Å². The Balaban J connectivity index is 2.06. The Labute approximate surface area is 124 Å². The molecule has 5 nitrogen and oxygen atoms in total. The number of hydrogen-bond acceptors (Lipinski definition) is 3. The molecule has 2 rings (SSSR count). The molecular formula is C14H14F3NO4. The molecule has 120 valence electrons. The number of carboxylic acid groups (broad SMARTS) is 1. The SMILES string of the molecule is O=C(Cc1ccccc1OC(F)F)N1CCC(F)(C(=O)O)C1. The number of amides is 1. The van der Waals surface area contributed by atoms with Gasteiger partial charge in [-0.25, -0.2) is 9.18 Å². The van der Waals surface area contributed by atoms with Gasteiger partial charge >= 0.3 is 12.6 Å². The second-order valence-corrected chi connectivity index (χ2v) is 5.00. The first-order valence-corrected chi connectivity index (χ1v) is 6.54. The lowest BCUT2D eigenvalue weighted by atomic mass is 10.1. The first kappa shape index (κ1) is 16.1. The number of para-hydroxylation sites is 1. The molecule has 1 fully saturated rings. The van der Waals surface area contributed by atoms with E-state index in [1.165, 1.54) is 18.2 Å². The van der Waals surface area contributed by atoms with Crippen molar-refractivity contribution in [2.75, 3.05) is 13.1 Å². The van der Waals surface area contributed by atoms with E-state index in [2.05, 4.69) is 4.74 Å². The zero-order valence-electron chi connectivity index (χ0n) is 11.5. The smallest absolute Gasteiger partial charge is 0.387 e. The highest BCUT2D eigenvalue weighted by Gasteiger charge is 2.46. The molecule has 1 aromatic carbocycles. The van der Waals surface area contributed by atoms with E-state index in [1.807, 2.05) is 0 Å². The van der Waals surface area contributed by atoms with Crippen LogP contribution in [0.2, 0.25) is 0 Å². The van der Waals surface area contributed by atoms with Crippen molar-refractivity contribution >= 4 is 11.9 Å². The van der Waals surface area contributed by atoms with E-state index in [-0.39, 0.29) is 30.7 Å². The highest BCUT2D eigenvalue weighted by Crippen LogP contribution is 2.27. The van der Waals surface area contributed by atoms with Crippen LogP contribution >= 0.6 is 0 Å². The van der Waals surface area contributed by atoms with Crippen LogP contribution in [0.3, 0.4) is 0 Å². The van der Waals surface area contributed by atoms with Crippen LogP contribution in [0, 0.1) is 0 Å². The van der Waals surface area contributed by atoms with Crippen LogP contribution in [0.5, 0.6) is 5.75 Å². The average molecular weight is 317 g/mol. The fourth-order valence-corrected chi connectivity index (χ4v) is 2.30. The zero-order valence-corrected chi connectivity index (χ0v) is 11.5. The molecule has 0 spiro atoms. The number of carbonyl (C=O) groups excluding carboxylic acids is 1. The van der Waals surface area contributed by atoms with Crippen LogP contribution in [0.25, 0.3) is 0 Å². The number of carboxylic acids is 1. The van der Waals surface area contributed by atoms with Gasteiger partial charge in [0.15, 0.2) is 0 Å². The molecule has 1 amide bonds. The lowest BCUT2D eigenvalue weighted by Crippen LogP contribution is -2.39. The normalized spacial score (nSPS) is 21.2. The minimum absolute atomic E-state index is 0.0283. The van der Waals surface area contributed by atoms with Gasteiger partial charge < -0.3 is 14.7 Å². The molecule has 0 bridgehead atoms. The lowest BCUT2D eigenvalue weighted by Gasteiger charge is -2.18. The molecule has 22 heavy (non-hydrogen) atoms. The summed E-state index contributed by atoms with van der Waals surface area (Å²) in [6, 6.07) is 5.79. The monoisotopic (exact) mass is 317 g/mol. The molecule has 0 radical (unpaired) electrons. The topological polar surface area (TPSA) is 66.8 Å². The fraction of sp³-hybridized carbons (Fsp3) is 0.429. The molecule has 0 aromatic heterocycles. The molecule has 0 saturated carbocycles. The van der Waals surface area contributed by atoms with Crippen molar-refractivity contribution in [1.29, 1.82) is 0 Å². The number of hydrogen-bond donors (Lipinski definition) is 1. The van der Waals surface area contributed by atoms with E-state index in [1.54, 1.807) is 6.07 Å². The molecule has 8 heteroatoms. The molecule has 1 aliphatic heterocycles. The minimum Gasteiger partial charge on any atom is -0.479 e. The number of benzene rings is 1. The number of likely N-dealkylation sites (tertiary alicyclic amines) is 1. The van der Waals surface area contributed by atoms with Gasteiger partial charge in [0.05, 0.1) is 13.0 Å². The molecular weight excluding hydrogens is 303 g/mol. The number of alkyl halides is 3. The minimum atomic E-state index is -3.02. The van der Waals surface area contributed by atoms with Crippen molar-refractivity contribution in [2.45, 2.75) is 25.1 Å². The summed E-state index contributed by atoms with van der Waals surface area (Å²) >= 11 is 0. The standard InChI is InChI=1S/C14H14F3NO4/c15-13(16)22-10-4-2-1-3-9(10)7-11(19)18-6-5-14(17,8-18)12(20)21/h1-4,13H,5-8H2,(H,20,21). The van der Waals surface area contributed by atoms with Gasteiger partial charge in [0.2, 0.25) is 11.6 Å². The highest BCUT2D eigenvalue weighted by atomic mass is 19.3. The van der Waals surface area contributed by atoms with Crippen molar-refractivity contribution in [3.63, 3.8) is 0 Å². The van der Waals surface area contributed by atoms with E-state index in [9.17, 15) is 22.8 Å². The molecule has 1 unspecified atom stereocenters. The molecule has 1 aliphatic rings. The predicted octanol–water partition coefficient (Wildman–Crippen LogP) is 1.86. The second-order valence-electron chi connectivity index (χ2n) is 5.00. The van der Waals surface area contributed by atoms with Gasteiger partial charge in [0.1, 0.15) is 5.75 Å². The van der Waals surface area contributed by atoms with E-state index in [4.69, 9.17) is 5.11 Å². The summed E-state index contributed by atoms with van der Waals surface area (Å²) < 4.78 is 42.8. The van der Waals surface area contributed by atoms with Crippen LogP contribution < -0.4 is 4.74 Å². The van der Waals surface area contributed by atoms with Crippen LogP contribution in [0.1, 0.15) is 12.0 Å². The molecule has 1 heterocycles. The molecule has 0 aliphatic carbocycles. The number of carbonyl (C=O) groups is 2. The molecule has 1 aromatic rings. The number of ether oxygens (including phenoxy) is 1. The fourth-order valence-electron chi connectivity index (χ4n) is 2.30. The Morgan fingerprint density at radius 1 is 1.36 bits per heavy atom. The zero-order chi connectivity index (χ0) is 16.3. The van der Waals surface area contributed by atoms with Crippen LogP contribution in [0.15, 0.2) is 24.3 Å². The predicted molar refractivity (Wildman–Crippen MR) is 69.4 cm³/mol. The quantitative estimate of drug-likeness (QED) is 0.900. The Hall–Kier alpha value is -2.25. The first-order valence-electron chi connectivity index (χ1n) is 6.54. The first-order chi connectivity index (χ1) is 10.3. The van der Waals surface area contributed by atoms with E-state index >= 15 is 0 Å². The summed E-state index contributed by atoms with van der Waals surface area (Å²) in [4.78, 5) is 24.0. The summed E-state index contributed by atoms with van der Waals surface area (Å²) in [7, 11) is 0. The summed E-state index contributed by atoms with van der Waals surface area (Å²) in [6.07, 6.45) is -0.554. The summed E-state index contributed by atoms with van der Waals surface area (Å²) in [5, 5.41) is 8.79. The largest absolute Gasteiger partial charge is 0.479 e. The third-order valence-electron chi connectivity index (χ3n) is 3.49. The maximum Gasteiger partial charge on any atom is 0.387 e. The molecule has 1 atom stereocenters. The summed E-state index contributed by atoms with van der Waals surface area (Å²) in [5.41, 5.74) is -2.21. The van der Waals surface area contributed by atoms with E-state index in [0.29, 0.717) is 0 Å². The van der Waals surface area contributed by atoms with Gasteiger partial charge in [-0.05, 0) is 6.07 Å². The van der Waals surface area contributed by atoms with Gasteiger partial charge in [0.25, 0.3) is 0 Å². The Kier molecular flexibility index (Phi) is 4.58. The van der Waals surface area contributed by atoms with Crippen molar-refractivity contribution < 1.29 is 32.6 Å². The maximum absolute atomic E-state index is 13.9. The average Bonchev–Trinajstić information content (AvgIpc) is 2.85. The van der Waals surface area contributed by atoms with E-state index in [0.717, 1.165) is 4.90 Å². The van der Waals surface area contributed by atoms with Crippen molar-refractivity contribution in [2.24, 2.45) is 0 Å².